The fourth-order valence-electron chi connectivity index (χ4n) is 3.20. The number of carboxylic acids is 1. The molecule has 21 heavy (non-hydrogen) atoms. The molecule has 1 aliphatic carbocycles. The second-order valence-corrected chi connectivity index (χ2v) is 7.17. The number of rotatable bonds is 4. The van der Waals surface area contributed by atoms with Gasteiger partial charge in [0.05, 0.1) is 12.0 Å². The van der Waals surface area contributed by atoms with Crippen LogP contribution in [0.5, 0.6) is 0 Å². The molecule has 1 amide bonds. The molecule has 2 rings (SSSR count). The number of carboxylic acid groups (broad SMARTS) is 1. The zero-order valence-electron chi connectivity index (χ0n) is 13.1. The molecule has 0 spiro atoms. The van der Waals surface area contributed by atoms with Gasteiger partial charge in [-0.3, -0.25) is 9.59 Å². The van der Waals surface area contributed by atoms with E-state index in [9.17, 15) is 9.59 Å². The number of likely N-dealkylation sites (tertiary alicyclic amines) is 1. The van der Waals surface area contributed by atoms with Crippen LogP contribution in [-0.2, 0) is 14.3 Å². The number of hydrogen-bond donors (Lipinski definition) is 1. The van der Waals surface area contributed by atoms with E-state index >= 15 is 0 Å². The lowest BCUT2D eigenvalue weighted by Gasteiger charge is -2.35. The highest BCUT2D eigenvalue weighted by molar-refractivity contribution is 5.78. The number of nitrogens with zero attached hydrogens (tertiary/aromatic N) is 1. The quantitative estimate of drug-likeness (QED) is 0.864. The molecular formula is C16H27NO4. The van der Waals surface area contributed by atoms with Gasteiger partial charge >= 0.3 is 5.97 Å². The Labute approximate surface area is 126 Å². The highest BCUT2D eigenvalue weighted by Gasteiger charge is 2.29. The first-order valence-corrected chi connectivity index (χ1v) is 7.99. The monoisotopic (exact) mass is 297 g/mol. The average Bonchev–Trinajstić information content (AvgIpc) is 2.46. The van der Waals surface area contributed by atoms with E-state index in [0.717, 1.165) is 25.7 Å². The molecule has 120 valence electrons. The summed E-state index contributed by atoms with van der Waals surface area (Å²) in [4.78, 5) is 24.7. The summed E-state index contributed by atoms with van der Waals surface area (Å²) in [5.74, 6) is -1.04. The number of piperidine rings is 1. The Balaban J connectivity index is 1.68. The van der Waals surface area contributed by atoms with E-state index < -0.39 is 5.97 Å². The van der Waals surface area contributed by atoms with E-state index in [1.807, 2.05) is 0 Å². The molecule has 5 heteroatoms. The van der Waals surface area contributed by atoms with Gasteiger partial charge in [0.25, 0.3) is 0 Å². The Kier molecular flexibility index (Phi) is 5.25. The lowest BCUT2D eigenvalue weighted by Crippen LogP contribution is -2.42. The summed E-state index contributed by atoms with van der Waals surface area (Å²) in [6.07, 6.45) is 5.67. The zero-order valence-corrected chi connectivity index (χ0v) is 13.1. The number of aliphatic carboxylic acids is 1. The predicted octanol–water partition coefficient (Wildman–Crippen LogP) is 2.29. The Morgan fingerprint density at radius 3 is 2.24 bits per heavy atom. The van der Waals surface area contributed by atoms with Gasteiger partial charge in [-0.2, -0.15) is 0 Å². The van der Waals surface area contributed by atoms with Crippen molar-refractivity contribution in [2.24, 2.45) is 11.3 Å². The van der Waals surface area contributed by atoms with Gasteiger partial charge in [-0.1, -0.05) is 13.8 Å². The third-order valence-electron chi connectivity index (χ3n) is 4.93. The fraction of sp³-hybridized carbons (Fsp3) is 0.875. The van der Waals surface area contributed by atoms with Crippen LogP contribution in [0.25, 0.3) is 0 Å². The summed E-state index contributed by atoms with van der Waals surface area (Å²) >= 11 is 0. The van der Waals surface area contributed by atoms with Gasteiger partial charge < -0.3 is 14.7 Å². The van der Waals surface area contributed by atoms with Gasteiger partial charge in [0.2, 0.25) is 5.91 Å². The molecule has 0 atom stereocenters. The molecule has 0 aromatic carbocycles. The maximum Gasteiger partial charge on any atom is 0.306 e. The third kappa shape index (κ3) is 4.70. The fourth-order valence-corrected chi connectivity index (χ4v) is 3.20. The molecule has 0 aromatic heterocycles. The average molecular weight is 297 g/mol. The summed E-state index contributed by atoms with van der Waals surface area (Å²) < 4.78 is 5.76. The maximum absolute atomic E-state index is 12.1. The Morgan fingerprint density at radius 2 is 1.71 bits per heavy atom. The minimum Gasteiger partial charge on any atom is -0.481 e. The van der Waals surface area contributed by atoms with Crippen LogP contribution in [0.2, 0.25) is 0 Å². The van der Waals surface area contributed by atoms with Crippen molar-refractivity contribution in [2.45, 2.75) is 58.5 Å². The van der Waals surface area contributed by atoms with Crippen molar-refractivity contribution in [3.05, 3.63) is 0 Å². The second-order valence-electron chi connectivity index (χ2n) is 7.17. The van der Waals surface area contributed by atoms with Crippen LogP contribution in [0.3, 0.4) is 0 Å². The minimum absolute atomic E-state index is 0.00340. The van der Waals surface area contributed by atoms with Gasteiger partial charge in [0.1, 0.15) is 6.61 Å². The second kappa shape index (κ2) is 6.77. The number of amides is 1. The number of hydrogen-bond acceptors (Lipinski definition) is 3. The van der Waals surface area contributed by atoms with E-state index in [1.165, 1.54) is 0 Å². The van der Waals surface area contributed by atoms with E-state index in [0.29, 0.717) is 31.3 Å². The van der Waals surface area contributed by atoms with Crippen LogP contribution < -0.4 is 0 Å². The molecule has 0 radical (unpaired) electrons. The van der Waals surface area contributed by atoms with E-state index in [4.69, 9.17) is 9.84 Å². The molecule has 1 aliphatic heterocycles. The standard InChI is InChI=1S/C16H27NO4/c1-16(2)7-3-13(4-8-16)21-11-14(18)17-9-5-12(6-10-17)15(19)20/h12-13H,3-11H2,1-2H3,(H,19,20). The van der Waals surface area contributed by atoms with E-state index in [-0.39, 0.29) is 24.5 Å². The Bertz CT molecular complexity index is 376. The van der Waals surface area contributed by atoms with Crippen molar-refractivity contribution in [3.63, 3.8) is 0 Å². The molecular weight excluding hydrogens is 270 g/mol. The molecule has 1 heterocycles. The summed E-state index contributed by atoms with van der Waals surface area (Å²) in [5.41, 5.74) is 0.405. The van der Waals surface area contributed by atoms with Crippen LogP contribution in [0.15, 0.2) is 0 Å². The van der Waals surface area contributed by atoms with E-state index in [2.05, 4.69) is 13.8 Å². The Morgan fingerprint density at radius 1 is 1.14 bits per heavy atom. The molecule has 2 aliphatic rings. The lowest BCUT2D eigenvalue weighted by molar-refractivity contribution is -0.147. The van der Waals surface area contributed by atoms with Crippen molar-refractivity contribution in [2.75, 3.05) is 19.7 Å². The van der Waals surface area contributed by atoms with Crippen LogP contribution >= 0.6 is 0 Å². The molecule has 1 saturated carbocycles. The van der Waals surface area contributed by atoms with Crippen molar-refractivity contribution in [1.29, 1.82) is 0 Å². The van der Waals surface area contributed by atoms with Crippen molar-refractivity contribution >= 4 is 11.9 Å². The summed E-state index contributed by atoms with van der Waals surface area (Å²) in [5, 5.41) is 8.95. The topological polar surface area (TPSA) is 66.8 Å². The molecule has 2 fully saturated rings. The molecule has 0 aromatic rings. The number of carbonyl (C=O) groups is 2. The smallest absolute Gasteiger partial charge is 0.306 e. The highest BCUT2D eigenvalue weighted by atomic mass is 16.5. The van der Waals surface area contributed by atoms with Gasteiger partial charge in [-0.15, -0.1) is 0 Å². The first kappa shape index (κ1) is 16.3. The van der Waals surface area contributed by atoms with Crippen LogP contribution in [0.4, 0.5) is 0 Å². The summed E-state index contributed by atoms with van der Waals surface area (Å²) in [7, 11) is 0. The van der Waals surface area contributed by atoms with Crippen LogP contribution in [-0.4, -0.2) is 47.7 Å². The summed E-state index contributed by atoms with van der Waals surface area (Å²) in [6, 6.07) is 0. The molecule has 5 nitrogen and oxygen atoms in total. The van der Waals surface area contributed by atoms with Gasteiger partial charge in [0.15, 0.2) is 0 Å². The molecule has 0 bridgehead atoms. The lowest BCUT2D eigenvalue weighted by atomic mass is 9.76. The predicted molar refractivity (Wildman–Crippen MR) is 78.9 cm³/mol. The van der Waals surface area contributed by atoms with Gasteiger partial charge in [-0.25, -0.2) is 0 Å². The summed E-state index contributed by atoms with van der Waals surface area (Å²) in [6.45, 7) is 5.78. The third-order valence-corrected chi connectivity index (χ3v) is 4.93. The molecule has 0 unspecified atom stereocenters. The molecule has 1 N–H and O–H groups in total. The van der Waals surface area contributed by atoms with Crippen molar-refractivity contribution in [1.82, 2.24) is 4.90 Å². The highest BCUT2D eigenvalue weighted by Crippen LogP contribution is 2.36. The van der Waals surface area contributed by atoms with Crippen LogP contribution in [0.1, 0.15) is 52.4 Å². The molecule has 1 saturated heterocycles. The van der Waals surface area contributed by atoms with E-state index in [1.54, 1.807) is 4.90 Å². The number of ether oxygens (including phenoxy) is 1. The van der Waals surface area contributed by atoms with Gasteiger partial charge in [-0.05, 0) is 43.9 Å². The van der Waals surface area contributed by atoms with Crippen molar-refractivity contribution < 1.29 is 19.4 Å². The largest absolute Gasteiger partial charge is 0.481 e. The number of carbonyl (C=O) groups excluding carboxylic acids is 1. The SMILES string of the molecule is CC1(C)CCC(OCC(=O)N2CCC(C(=O)O)CC2)CC1. The Hall–Kier alpha value is -1.10. The first-order valence-electron chi connectivity index (χ1n) is 7.99. The first-order chi connectivity index (χ1) is 9.87. The zero-order chi connectivity index (χ0) is 15.5. The minimum atomic E-state index is -0.747. The normalized spacial score (nSPS) is 24.0. The maximum atomic E-state index is 12.1. The van der Waals surface area contributed by atoms with Gasteiger partial charge in [0, 0.05) is 13.1 Å². The van der Waals surface area contributed by atoms with Crippen molar-refractivity contribution in [3.8, 4) is 0 Å². The van der Waals surface area contributed by atoms with Crippen LogP contribution in [0, 0.1) is 11.3 Å².